The number of hydrogen-bond acceptors (Lipinski definition) is 4. The van der Waals surface area contributed by atoms with E-state index in [1.807, 2.05) is 37.3 Å². The SMILES string of the molecule is COc1cc(OC)cc(C(=O)NNC(=O)C[C@H](C)c2ccccc2)c1. The Hall–Kier alpha value is -3.02. The molecule has 2 rings (SSSR count). The molecule has 0 unspecified atom stereocenters. The molecule has 1 atom stereocenters. The van der Waals surface area contributed by atoms with Gasteiger partial charge in [-0.1, -0.05) is 37.3 Å². The van der Waals surface area contributed by atoms with Crippen LogP contribution in [0.15, 0.2) is 48.5 Å². The molecule has 0 aromatic heterocycles. The third kappa shape index (κ3) is 5.24. The van der Waals surface area contributed by atoms with Crippen molar-refractivity contribution in [2.75, 3.05) is 14.2 Å². The van der Waals surface area contributed by atoms with Gasteiger partial charge in [0.2, 0.25) is 5.91 Å². The van der Waals surface area contributed by atoms with Crippen LogP contribution in [0.4, 0.5) is 0 Å². The summed E-state index contributed by atoms with van der Waals surface area (Å²) in [4.78, 5) is 24.2. The van der Waals surface area contributed by atoms with Crippen molar-refractivity contribution in [1.29, 1.82) is 0 Å². The summed E-state index contributed by atoms with van der Waals surface area (Å²) in [7, 11) is 3.01. The number of methoxy groups -OCH3 is 2. The zero-order valence-electron chi connectivity index (χ0n) is 14.5. The molecule has 0 aliphatic carbocycles. The second kappa shape index (κ2) is 8.73. The molecule has 0 heterocycles. The highest BCUT2D eigenvalue weighted by atomic mass is 16.5. The topological polar surface area (TPSA) is 76.7 Å². The van der Waals surface area contributed by atoms with Crippen LogP contribution >= 0.6 is 0 Å². The van der Waals surface area contributed by atoms with Gasteiger partial charge in [-0.3, -0.25) is 20.4 Å². The molecular weight excluding hydrogens is 320 g/mol. The lowest BCUT2D eigenvalue weighted by Crippen LogP contribution is -2.42. The van der Waals surface area contributed by atoms with E-state index in [1.165, 1.54) is 14.2 Å². The number of benzene rings is 2. The van der Waals surface area contributed by atoms with Crippen molar-refractivity contribution < 1.29 is 19.1 Å². The lowest BCUT2D eigenvalue weighted by Gasteiger charge is -2.13. The van der Waals surface area contributed by atoms with E-state index in [0.717, 1.165) is 5.56 Å². The Balaban J connectivity index is 1.92. The van der Waals surface area contributed by atoms with Gasteiger partial charge in [0.25, 0.3) is 5.91 Å². The number of carbonyl (C=O) groups is 2. The van der Waals surface area contributed by atoms with Crippen LogP contribution in [-0.2, 0) is 4.79 Å². The van der Waals surface area contributed by atoms with E-state index in [0.29, 0.717) is 17.1 Å². The van der Waals surface area contributed by atoms with Crippen molar-refractivity contribution in [2.24, 2.45) is 0 Å². The molecule has 6 heteroatoms. The molecule has 0 radical (unpaired) electrons. The summed E-state index contributed by atoms with van der Waals surface area (Å²) in [5, 5.41) is 0. The van der Waals surface area contributed by atoms with E-state index in [1.54, 1.807) is 18.2 Å². The standard InChI is InChI=1S/C19H22N2O4/c1-13(14-7-5-4-6-8-14)9-18(22)20-21-19(23)15-10-16(24-2)12-17(11-15)25-3/h4-8,10-13H,9H2,1-3H3,(H,20,22)(H,21,23)/t13-/m0/s1. The highest BCUT2D eigenvalue weighted by Crippen LogP contribution is 2.22. The fourth-order valence-electron chi connectivity index (χ4n) is 2.37. The fraction of sp³-hybridized carbons (Fsp3) is 0.263. The first-order chi connectivity index (χ1) is 12.0. The van der Waals surface area contributed by atoms with E-state index >= 15 is 0 Å². The number of amides is 2. The summed E-state index contributed by atoms with van der Waals surface area (Å²) in [6, 6.07) is 14.5. The van der Waals surface area contributed by atoms with Crippen LogP contribution in [0.1, 0.15) is 35.2 Å². The fourth-order valence-corrected chi connectivity index (χ4v) is 2.37. The molecular formula is C19H22N2O4. The molecule has 0 saturated carbocycles. The first-order valence-corrected chi connectivity index (χ1v) is 7.90. The van der Waals surface area contributed by atoms with Gasteiger partial charge >= 0.3 is 0 Å². The van der Waals surface area contributed by atoms with Crippen LogP contribution < -0.4 is 20.3 Å². The van der Waals surface area contributed by atoms with E-state index in [4.69, 9.17) is 9.47 Å². The normalized spacial score (nSPS) is 11.3. The lowest BCUT2D eigenvalue weighted by atomic mass is 9.98. The summed E-state index contributed by atoms with van der Waals surface area (Å²) < 4.78 is 10.3. The van der Waals surface area contributed by atoms with Gasteiger partial charge in [0.05, 0.1) is 14.2 Å². The van der Waals surface area contributed by atoms with E-state index in [9.17, 15) is 9.59 Å². The van der Waals surface area contributed by atoms with Crippen LogP contribution in [0, 0.1) is 0 Å². The average molecular weight is 342 g/mol. The quantitative estimate of drug-likeness (QED) is 0.791. The first-order valence-electron chi connectivity index (χ1n) is 7.90. The van der Waals surface area contributed by atoms with Crippen molar-refractivity contribution in [2.45, 2.75) is 19.3 Å². The van der Waals surface area contributed by atoms with Crippen LogP contribution in [0.25, 0.3) is 0 Å². The first kappa shape index (κ1) is 18.3. The molecule has 0 fully saturated rings. The van der Waals surface area contributed by atoms with Crippen LogP contribution in [0.5, 0.6) is 11.5 Å². The minimum absolute atomic E-state index is 0.0509. The second-order valence-electron chi connectivity index (χ2n) is 5.62. The highest BCUT2D eigenvalue weighted by molar-refractivity contribution is 5.96. The monoisotopic (exact) mass is 342 g/mol. The molecule has 25 heavy (non-hydrogen) atoms. The number of rotatable bonds is 6. The van der Waals surface area contributed by atoms with Crippen molar-refractivity contribution in [3.63, 3.8) is 0 Å². The summed E-state index contributed by atoms with van der Waals surface area (Å²) in [5.41, 5.74) is 6.24. The van der Waals surface area contributed by atoms with Crippen molar-refractivity contribution in [3.05, 3.63) is 59.7 Å². The third-order valence-corrected chi connectivity index (χ3v) is 3.79. The molecule has 0 spiro atoms. The van der Waals surface area contributed by atoms with Crippen LogP contribution in [-0.4, -0.2) is 26.0 Å². The maximum Gasteiger partial charge on any atom is 0.269 e. The van der Waals surface area contributed by atoms with E-state index in [2.05, 4.69) is 10.9 Å². The molecule has 0 bridgehead atoms. The lowest BCUT2D eigenvalue weighted by molar-refractivity contribution is -0.122. The third-order valence-electron chi connectivity index (χ3n) is 3.79. The largest absolute Gasteiger partial charge is 0.497 e. The maximum absolute atomic E-state index is 12.2. The Morgan fingerprint density at radius 1 is 0.960 bits per heavy atom. The molecule has 0 saturated heterocycles. The van der Waals surface area contributed by atoms with Gasteiger partial charge in [-0.2, -0.15) is 0 Å². The van der Waals surface area contributed by atoms with Gasteiger partial charge in [0.1, 0.15) is 11.5 Å². The number of hydrogen-bond donors (Lipinski definition) is 2. The maximum atomic E-state index is 12.2. The number of hydrazine groups is 1. The molecule has 0 aliphatic rings. The molecule has 6 nitrogen and oxygen atoms in total. The predicted molar refractivity (Wildman–Crippen MR) is 94.6 cm³/mol. The molecule has 2 aromatic carbocycles. The minimum atomic E-state index is -0.446. The summed E-state index contributed by atoms with van der Waals surface area (Å²) in [6.45, 7) is 1.96. The summed E-state index contributed by atoms with van der Waals surface area (Å²) >= 11 is 0. The van der Waals surface area contributed by atoms with Gasteiger partial charge in [0, 0.05) is 18.1 Å². The number of carbonyl (C=O) groups excluding carboxylic acids is 2. The Bertz CT molecular complexity index is 709. The number of nitrogens with one attached hydrogen (secondary N) is 2. The van der Waals surface area contributed by atoms with Crippen molar-refractivity contribution >= 4 is 11.8 Å². The van der Waals surface area contributed by atoms with Crippen LogP contribution in [0.2, 0.25) is 0 Å². The van der Waals surface area contributed by atoms with Gasteiger partial charge < -0.3 is 9.47 Å². The number of ether oxygens (including phenoxy) is 2. The Morgan fingerprint density at radius 2 is 1.56 bits per heavy atom. The van der Waals surface area contributed by atoms with E-state index < -0.39 is 5.91 Å². The van der Waals surface area contributed by atoms with Gasteiger partial charge in [-0.05, 0) is 23.6 Å². The molecule has 2 aromatic rings. The van der Waals surface area contributed by atoms with Gasteiger partial charge in [-0.25, -0.2) is 0 Å². The Kier molecular flexibility index (Phi) is 6.39. The van der Waals surface area contributed by atoms with E-state index in [-0.39, 0.29) is 18.2 Å². The average Bonchev–Trinajstić information content (AvgIpc) is 2.66. The summed E-state index contributed by atoms with van der Waals surface area (Å²) in [5.74, 6) is 0.328. The second-order valence-corrected chi connectivity index (χ2v) is 5.62. The predicted octanol–water partition coefficient (Wildman–Crippen LogP) is 2.66. The van der Waals surface area contributed by atoms with Crippen molar-refractivity contribution in [1.82, 2.24) is 10.9 Å². The molecule has 2 N–H and O–H groups in total. The molecule has 2 amide bonds. The zero-order valence-corrected chi connectivity index (χ0v) is 14.5. The minimum Gasteiger partial charge on any atom is -0.497 e. The zero-order chi connectivity index (χ0) is 18.2. The Labute approximate surface area is 147 Å². The van der Waals surface area contributed by atoms with Gasteiger partial charge in [0.15, 0.2) is 0 Å². The summed E-state index contributed by atoms with van der Waals surface area (Å²) in [6.07, 6.45) is 0.270. The van der Waals surface area contributed by atoms with Crippen LogP contribution in [0.3, 0.4) is 0 Å². The van der Waals surface area contributed by atoms with Gasteiger partial charge in [-0.15, -0.1) is 0 Å². The molecule has 0 aliphatic heterocycles. The highest BCUT2D eigenvalue weighted by Gasteiger charge is 2.13. The van der Waals surface area contributed by atoms with Crippen molar-refractivity contribution in [3.8, 4) is 11.5 Å². The Morgan fingerprint density at radius 3 is 2.12 bits per heavy atom. The smallest absolute Gasteiger partial charge is 0.269 e. The molecule has 132 valence electrons.